The molecule has 0 amide bonds. The van der Waals surface area contributed by atoms with Gasteiger partial charge in [0.15, 0.2) is 0 Å². The third-order valence-corrected chi connectivity index (χ3v) is 2.33. The van der Waals surface area contributed by atoms with E-state index in [2.05, 4.69) is 20.7 Å². The van der Waals surface area contributed by atoms with Crippen molar-refractivity contribution in [2.45, 2.75) is 33.1 Å². The van der Waals surface area contributed by atoms with E-state index >= 15 is 0 Å². The van der Waals surface area contributed by atoms with Crippen molar-refractivity contribution in [2.24, 2.45) is 0 Å². The Morgan fingerprint density at radius 1 is 1.44 bits per heavy atom. The highest BCUT2D eigenvalue weighted by molar-refractivity contribution is 7.47. The SMILES string of the molecule is C=C(C)C(=O)OOP(=O)(O)OCCCCC. The van der Waals surface area contributed by atoms with E-state index in [0.29, 0.717) is 6.42 Å². The number of carbonyl (C=O) groups is 1. The van der Waals surface area contributed by atoms with Gasteiger partial charge in [0, 0.05) is 5.57 Å². The van der Waals surface area contributed by atoms with Crippen LogP contribution in [-0.2, 0) is 23.4 Å². The number of phosphoric acid groups is 1. The van der Waals surface area contributed by atoms with Crippen LogP contribution in [0.5, 0.6) is 0 Å². The van der Waals surface area contributed by atoms with E-state index < -0.39 is 13.8 Å². The van der Waals surface area contributed by atoms with Crippen molar-refractivity contribution in [1.29, 1.82) is 0 Å². The maximum absolute atomic E-state index is 11.1. The van der Waals surface area contributed by atoms with Crippen LogP contribution in [0.4, 0.5) is 0 Å². The Labute approximate surface area is 94.7 Å². The van der Waals surface area contributed by atoms with E-state index in [-0.39, 0.29) is 12.2 Å². The normalized spacial score (nSPS) is 14.2. The Morgan fingerprint density at radius 2 is 2.06 bits per heavy atom. The van der Waals surface area contributed by atoms with Gasteiger partial charge in [-0.15, -0.1) is 0 Å². The molecular formula is C9H17O6P. The summed E-state index contributed by atoms with van der Waals surface area (Å²) in [4.78, 5) is 23.9. The van der Waals surface area contributed by atoms with Crippen molar-refractivity contribution in [1.82, 2.24) is 0 Å². The van der Waals surface area contributed by atoms with Crippen LogP contribution < -0.4 is 0 Å². The van der Waals surface area contributed by atoms with Crippen LogP contribution in [0.3, 0.4) is 0 Å². The zero-order valence-corrected chi connectivity index (χ0v) is 10.4. The summed E-state index contributed by atoms with van der Waals surface area (Å²) >= 11 is 0. The number of hydrogen-bond acceptors (Lipinski definition) is 5. The first kappa shape index (κ1) is 15.3. The first-order valence-corrected chi connectivity index (χ1v) is 6.42. The Morgan fingerprint density at radius 3 is 2.56 bits per heavy atom. The minimum absolute atomic E-state index is 0.0611. The summed E-state index contributed by atoms with van der Waals surface area (Å²) in [7, 11) is -4.31. The van der Waals surface area contributed by atoms with Crippen molar-refractivity contribution < 1.29 is 28.3 Å². The molecule has 0 spiro atoms. The van der Waals surface area contributed by atoms with Crippen molar-refractivity contribution in [2.75, 3.05) is 6.61 Å². The van der Waals surface area contributed by atoms with Crippen LogP contribution >= 0.6 is 7.82 Å². The van der Waals surface area contributed by atoms with Gasteiger partial charge in [-0.1, -0.05) is 31.0 Å². The summed E-state index contributed by atoms with van der Waals surface area (Å²) in [5.74, 6) is -0.911. The summed E-state index contributed by atoms with van der Waals surface area (Å²) in [5, 5.41) is 0. The lowest BCUT2D eigenvalue weighted by Crippen LogP contribution is -2.06. The molecule has 0 aromatic heterocycles. The topological polar surface area (TPSA) is 82.1 Å². The predicted octanol–water partition coefficient (Wildman–Crippen LogP) is 2.34. The largest absolute Gasteiger partial charge is 0.508 e. The highest BCUT2D eigenvalue weighted by Crippen LogP contribution is 2.43. The highest BCUT2D eigenvalue weighted by Gasteiger charge is 2.24. The molecule has 1 unspecified atom stereocenters. The van der Waals surface area contributed by atoms with E-state index in [1.807, 2.05) is 6.92 Å². The lowest BCUT2D eigenvalue weighted by molar-refractivity contribution is -0.218. The van der Waals surface area contributed by atoms with Crippen molar-refractivity contribution in [3.8, 4) is 0 Å². The number of unbranched alkanes of at least 4 members (excludes halogenated alkanes) is 2. The van der Waals surface area contributed by atoms with Gasteiger partial charge < -0.3 is 4.89 Å². The zero-order chi connectivity index (χ0) is 12.6. The average Bonchev–Trinajstić information content (AvgIpc) is 2.21. The van der Waals surface area contributed by atoms with Gasteiger partial charge in [-0.25, -0.2) is 9.36 Å². The first-order chi connectivity index (χ1) is 7.39. The Bertz CT molecular complexity index is 288. The molecule has 0 aliphatic carbocycles. The molecular weight excluding hydrogens is 235 g/mol. The maximum Gasteiger partial charge on any atom is 0.508 e. The highest BCUT2D eigenvalue weighted by atomic mass is 31.2. The number of phosphoric ester groups is 1. The second kappa shape index (κ2) is 7.57. The fourth-order valence-corrected chi connectivity index (χ4v) is 1.27. The second-order valence-electron chi connectivity index (χ2n) is 3.23. The molecule has 0 aliphatic rings. The summed E-state index contributed by atoms with van der Waals surface area (Å²) in [6.45, 7) is 6.73. The fourth-order valence-electron chi connectivity index (χ4n) is 0.706. The monoisotopic (exact) mass is 252 g/mol. The predicted molar refractivity (Wildman–Crippen MR) is 57.3 cm³/mol. The van der Waals surface area contributed by atoms with Crippen molar-refractivity contribution in [3.05, 3.63) is 12.2 Å². The lowest BCUT2D eigenvalue weighted by Gasteiger charge is -2.09. The van der Waals surface area contributed by atoms with E-state index in [1.54, 1.807) is 0 Å². The molecule has 0 bridgehead atoms. The molecule has 16 heavy (non-hydrogen) atoms. The van der Waals surface area contributed by atoms with Crippen LogP contribution in [0, 0.1) is 0 Å². The van der Waals surface area contributed by atoms with Crippen molar-refractivity contribution in [3.63, 3.8) is 0 Å². The van der Waals surface area contributed by atoms with Gasteiger partial charge in [0.1, 0.15) is 0 Å². The van der Waals surface area contributed by atoms with Crippen LogP contribution in [0.25, 0.3) is 0 Å². The minimum atomic E-state index is -4.31. The zero-order valence-electron chi connectivity index (χ0n) is 9.47. The van der Waals surface area contributed by atoms with Crippen LogP contribution in [0.1, 0.15) is 33.1 Å². The smallest absolute Gasteiger partial charge is 0.300 e. The second-order valence-corrected chi connectivity index (χ2v) is 4.58. The first-order valence-electron chi connectivity index (χ1n) is 4.92. The van der Waals surface area contributed by atoms with Gasteiger partial charge in [0.2, 0.25) is 0 Å². The minimum Gasteiger partial charge on any atom is -0.300 e. The number of hydrogen-bond donors (Lipinski definition) is 1. The molecule has 0 radical (unpaired) electrons. The van der Waals surface area contributed by atoms with E-state index in [1.165, 1.54) is 6.92 Å². The fraction of sp³-hybridized carbons (Fsp3) is 0.667. The van der Waals surface area contributed by atoms with E-state index in [4.69, 9.17) is 4.89 Å². The molecule has 0 aromatic carbocycles. The van der Waals surface area contributed by atoms with Gasteiger partial charge in [0.25, 0.3) is 0 Å². The van der Waals surface area contributed by atoms with Crippen LogP contribution in [0.2, 0.25) is 0 Å². The van der Waals surface area contributed by atoms with Crippen LogP contribution in [-0.4, -0.2) is 17.5 Å². The third-order valence-electron chi connectivity index (χ3n) is 1.56. The molecule has 0 fully saturated rings. The molecule has 0 rings (SSSR count). The summed E-state index contributed by atoms with van der Waals surface area (Å²) < 4.78 is 19.7. The summed E-state index contributed by atoms with van der Waals surface area (Å²) in [5.41, 5.74) is 0.0611. The molecule has 7 heteroatoms. The molecule has 1 atom stereocenters. The summed E-state index contributed by atoms with van der Waals surface area (Å²) in [6.07, 6.45) is 2.48. The van der Waals surface area contributed by atoms with Gasteiger partial charge >= 0.3 is 13.8 Å². The van der Waals surface area contributed by atoms with E-state index in [0.717, 1.165) is 12.8 Å². The van der Waals surface area contributed by atoms with Gasteiger partial charge in [-0.3, -0.25) is 9.41 Å². The van der Waals surface area contributed by atoms with E-state index in [9.17, 15) is 9.36 Å². The standard InChI is InChI=1S/C9H17O6P/c1-4-5-6-7-13-16(11,12)15-14-9(10)8(2)3/h2,4-7H2,1,3H3,(H,11,12). The molecule has 0 heterocycles. The average molecular weight is 252 g/mol. The molecule has 1 N–H and O–H groups in total. The third kappa shape index (κ3) is 7.59. The summed E-state index contributed by atoms with van der Waals surface area (Å²) in [6, 6.07) is 0. The molecule has 0 aromatic rings. The van der Waals surface area contributed by atoms with Crippen LogP contribution in [0.15, 0.2) is 12.2 Å². The molecule has 6 nitrogen and oxygen atoms in total. The van der Waals surface area contributed by atoms with Gasteiger partial charge in [-0.2, -0.15) is 0 Å². The Kier molecular flexibility index (Phi) is 7.25. The molecule has 0 saturated carbocycles. The van der Waals surface area contributed by atoms with Crippen molar-refractivity contribution >= 4 is 13.8 Å². The van der Waals surface area contributed by atoms with Gasteiger partial charge in [0.05, 0.1) is 6.61 Å². The lowest BCUT2D eigenvalue weighted by atomic mass is 10.3. The molecule has 0 aliphatic heterocycles. The van der Waals surface area contributed by atoms with Gasteiger partial charge in [-0.05, 0) is 13.3 Å². The number of carbonyl (C=O) groups excluding carboxylic acids is 1. The molecule has 0 saturated heterocycles. The molecule has 94 valence electrons. The Balaban J connectivity index is 3.82. The quantitative estimate of drug-likeness (QED) is 0.235. The maximum atomic E-state index is 11.1. The Hall–Kier alpha value is -0.680. The number of rotatable bonds is 8.